The average Bonchev–Trinajstić information content (AvgIpc) is 2.17. The second kappa shape index (κ2) is 4.33. The Kier molecular flexibility index (Phi) is 3.07. The fourth-order valence-corrected chi connectivity index (χ4v) is 0.673. The summed E-state index contributed by atoms with van der Waals surface area (Å²) in [4.78, 5) is 10.9. The maximum atomic E-state index is 4.93. The van der Waals surface area contributed by atoms with Crippen LogP contribution in [0.2, 0.25) is 0 Å². The lowest BCUT2D eigenvalue weighted by Gasteiger charge is -1.89. The molecule has 0 aromatic carbocycles. The summed E-state index contributed by atoms with van der Waals surface area (Å²) in [5, 5.41) is 0. The molecule has 0 aliphatic rings. The molecule has 0 atom stereocenters. The average molecular weight is 165 g/mol. The molecule has 1 N–H and O–H groups in total. The summed E-state index contributed by atoms with van der Waals surface area (Å²) in [5.41, 5.74) is 0. The van der Waals surface area contributed by atoms with Gasteiger partial charge in [0.1, 0.15) is 12.2 Å². The van der Waals surface area contributed by atoms with Crippen LogP contribution in [0.4, 0.5) is 0 Å². The first-order valence-corrected chi connectivity index (χ1v) is 3.57. The highest BCUT2D eigenvalue weighted by atomic mass is 16.5. The van der Waals surface area contributed by atoms with Gasteiger partial charge in [-0.3, -0.25) is 0 Å². The number of hydrogen-bond donors (Lipinski definition) is 1. The summed E-state index contributed by atoms with van der Waals surface area (Å²) in [6.07, 6.45) is 3.22. The number of methoxy groups -OCH3 is 1. The van der Waals surface area contributed by atoms with Crippen LogP contribution in [0.5, 0.6) is 5.88 Å². The van der Waals surface area contributed by atoms with Gasteiger partial charge in [-0.25, -0.2) is 9.97 Å². The van der Waals surface area contributed by atoms with Crippen molar-refractivity contribution in [3.05, 3.63) is 30.5 Å². The van der Waals surface area contributed by atoms with Gasteiger partial charge >= 0.3 is 0 Å². The Hall–Kier alpha value is -1.58. The topological polar surface area (TPSA) is 50.8 Å². The Morgan fingerprint density at radius 3 is 3.00 bits per heavy atom. The third-order valence-electron chi connectivity index (χ3n) is 1.27. The number of nitrogens with zero attached hydrogens (tertiary/aromatic N) is 2. The van der Waals surface area contributed by atoms with Crippen LogP contribution in [0.25, 0.3) is 0 Å². The van der Waals surface area contributed by atoms with Crippen LogP contribution in [0.3, 0.4) is 0 Å². The number of rotatable bonds is 1. The van der Waals surface area contributed by atoms with Crippen LogP contribution >= 0.6 is 0 Å². The minimum atomic E-state index is 0.534. The fraction of sp³-hybridized carbons (Fsp3) is 0.250. The number of aromatic nitrogens is 3. The van der Waals surface area contributed by atoms with Gasteiger partial charge in [0.15, 0.2) is 0 Å². The predicted molar refractivity (Wildman–Crippen MR) is 45.3 cm³/mol. The van der Waals surface area contributed by atoms with Crippen molar-refractivity contribution in [2.24, 2.45) is 0 Å². The molecule has 4 nitrogen and oxygen atoms in total. The van der Waals surface area contributed by atoms with E-state index in [2.05, 4.69) is 15.0 Å². The van der Waals surface area contributed by atoms with Crippen molar-refractivity contribution in [3.8, 4) is 5.88 Å². The first-order chi connectivity index (χ1) is 5.83. The van der Waals surface area contributed by atoms with E-state index < -0.39 is 0 Å². The lowest BCUT2D eigenvalue weighted by Crippen LogP contribution is -1.83. The summed E-state index contributed by atoms with van der Waals surface area (Å²) < 4.78 is 4.93. The highest BCUT2D eigenvalue weighted by Crippen LogP contribution is 1.97. The third kappa shape index (κ3) is 2.57. The van der Waals surface area contributed by atoms with E-state index in [-0.39, 0.29) is 0 Å². The van der Waals surface area contributed by atoms with Crippen LogP contribution in [0.15, 0.2) is 24.7 Å². The number of ether oxygens (including phenoxy) is 1. The molecule has 1 heterocycles. The Bertz CT molecular complexity index is 294. The van der Waals surface area contributed by atoms with Crippen LogP contribution < -0.4 is 4.74 Å². The molecular formula is C8H11N3O. The van der Waals surface area contributed by atoms with Crippen molar-refractivity contribution >= 4 is 0 Å². The van der Waals surface area contributed by atoms with E-state index in [1.54, 1.807) is 25.4 Å². The molecule has 1 aromatic heterocycles. The summed E-state index contributed by atoms with van der Waals surface area (Å²) in [6.45, 7) is 1.86. The summed E-state index contributed by atoms with van der Waals surface area (Å²) >= 11 is 0. The quantitative estimate of drug-likeness (QED) is 0.681. The molecule has 1 rings (SSSR count). The van der Waals surface area contributed by atoms with Gasteiger partial charge in [-0.05, 0) is 13.0 Å². The molecule has 4 heteroatoms. The molecule has 0 amide bonds. The number of aryl methyl sites for hydroxylation is 1. The van der Waals surface area contributed by atoms with E-state index >= 15 is 0 Å². The molecule has 0 unspecified atom stereocenters. The zero-order chi connectivity index (χ0) is 8.81. The van der Waals surface area contributed by atoms with Crippen LogP contribution in [0, 0.1) is 6.92 Å². The second-order valence-corrected chi connectivity index (χ2v) is 2.17. The van der Waals surface area contributed by atoms with Crippen molar-refractivity contribution in [2.75, 3.05) is 7.11 Å². The smallest absolute Gasteiger partial charge is 0.214 e. The van der Waals surface area contributed by atoms with Gasteiger partial charge in [0, 0.05) is 12.3 Å². The van der Waals surface area contributed by atoms with Gasteiger partial charge in [-0.2, -0.15) is 0 Å². The minimum Gasteiger partial charge on any atom is -0.481 e. The van der Waals surface area contributed by atoms with Crippen molar-refractivity contribution in [1.82, 2.24) is 15.0 Å². The first kappa shape index (κ1) is 8.52. The molecular weight excluding hydrogens is 154 g/mol. The van der Waals surface area contributed by atoms with E-state index in [0.717, 1.165) is 5.82 Å². The SMILES string of the molecule is COc1ccc[nH]c(C)ncn1. The van der Waals surface area contributed by atoms with Crippen molar-refractivity contribution < 1.29 is 4.74 Å². The van der Waals surface area contributed by atoms with Gasteiger partial charge in [-0.1, -0.05) is 0 Å². The predicted octanol–water partition coefficient (Wildman–Crippen LogP) is 1.25. The Balaban J connectivity index is 3.14. The van der Waals surface area contributed by atoms with Crippen molar-refractivity contribution in [1.29, 1.82) is 0 Å². The number of nitrogens with one attached hydrogen (secondary N) is 1. The summed E-state index contributed by atoms with van der Waals surface area (Å²) in [5.74, 6) is 1.33. The maximum absolute atomic E-state index is 4.93. The highest BCUT2D eigenvalue weighted by molar-refractivity contribution is 5.04. The van der Waals surface area contributed by atoms with Gasteiger partial charge < -0.3 is 9.72 Å². The number of hydrogen-bond acceptors (Lipinski definition) is 3. The lowest BCUT2D eigenvalue weighted by atomic mass is 10.6. The van der Waals surface area contributed by atoms with Crippen molar-refractivity contribution in [2.45, 2.75) is 6.92 Å². The van der Waals surface area contributed by atoms with Crippen LogP contribution in [0.1, 0.15) is 5.82 Å². The standard InChI is InChI=1S/C8H11N3O/c1-7-9-5-3-4-8(12-2)11-6-10-7/h3-6H,1-2H3,(H,9,10,11). The molecule has 0 saturated heterocycles. The van der Waals surface area contributed by atoms with E-state index in [1.807, 2.05) is 6.92 Å². The highest BCUT2D eigenvalue weighted by Gasteiger charge is 1.82. The molecule has 0 spiro atoms. The zero-order valence-electron chi connectivity index (χ0n) is 7.11. The summed E-state index contributed by atoms with van der Waals surface area (Å²) in [7, 11) is 1.57. The van der Waals surface area contributed by atoms with E-state index in [9.17, 15) is 0 Å². The van der Waals surface area contributed by atoms with Gasteiger partial charge in [0.25, 0.3) is 0 Å². The second-order valence-electron chi connectivity index (χ2n) is 2.17. The zero-order valence-corrected chi connectivity index (χ0v) is 7.11. The van der Waals surface area contributed by atoms with E-state index in [4.69, 9.17) is 4.74 Å². The Labute approximate surface area is 71.0 Å². The molecule has 0 aliphatic carbocycles. The minimum absolute atomic E-state index is 0.534. The van der Waals surface area contributed by atoms with Crippen molar-refractivity contribution in [3.63, 3.8) is 0 Å². The molecule has 0 saturated carbocycles. The van der Waals surface area contributed by atoms with E-state index in [1.165, 1.54) is 6.33 Å². The molecule has 0 aliphatic heterocycles. The molecule has 0 fully saturated rings. The summed E-state index contributed by atoms with van der Waals surface area (Å²) in [6, 6.07) is 3.55. The van der Waals surface area contributed by atoms with Gasteiger partial charge in [0.05, 0.1) is 7.11 Å². The van der Waals surface area contributed by atoms with E-state index in [0.29, 0.717) is 5.88 Å². The molecule has 0 radical (unpaired) electrons. The van der Waals surface area contributed by atoms with Crippen LogP contribution in [-0.2, 0) is 0 Å². The van der Waals surface area contributed by atoms with Crippen LogP contribution in [-0.4, -0.2) is 22.1 Å². The molecule has 64 valence electrons. The first-order valence-electron chi connectivity index (χ1n) is 3.57. The molecule has 0 bridgehead atoms. The molecule has 12 heavy (non-hydrogen) atoms. The fourth-order valence-electron chi connectivity index (χ4n) is 0.673. The third-order valence-corrected chi connectivity index (χ3v) is 1.27. The normalized spacial score (nSPS) is 8.83. The monoisotopic (exact) mass is 165 g/mol. The largest absolute Gasteiger partial charge is 0.481 e. The lowest BCUT2D eigenvalue weighted by molar-refractivity contribution is 0.398. The van der Waals surface area contributed by atoms with Gasteiger partial charge in [-0.15, -0.1) is 0 Å². The maximum Gasteiger partial charge on any atom is 0.214 e. The number of aromatic amines is 1. The molecule has 1 aromatic rings. The Morgan fingerprint density at radius 1 is 1.42 bits per heavy atom. The Morgan fingerprint density at radius 2 is 2.25 bits per heavy atom. The number of H-pyrrole nitrogens is 1. The van der Waals surface area contributed by atoms with Gasteiger partial charge in [0.2, 0.25) is 5.88 Å².